The van der Waals surface area contributed by atoms with Crippen molar-refractivity contribution in [2.24, 2.45) is 5.92 Å². The topological polar surface area (TPSA) is 58.4 Å². The number of anilines is 2. The molecule has 2 rings (SSSR count). The summed E-state index contributed by atoms with van der Waals surface area (Å²) in [5.74, 6) is 0.803. The van der Waals surface area contributed by atoms with Crippen LogP contribution in [0.25, 0.3) is 0 Å². The Morgan fingerprint density at radius 1 is 1.29 bits per heavy atom. The first-order chi connectivity index (χ1) is 10.1. The second-order valence-corrected chi connectivity index (χ2v) is 5.76. The van der Waals surface area contributed by atoms with Gasteiger partial charge in [0.15, 0.2) is 0 Å². The molecule has 5 heteroatoms. The van der Waals surface area contributed by atoms with Crippen molar-refractivity contribution in [3.05, 3.63) is 28.3 Å². The van der Waals surface area contributed by atoms with Crippen molar-refractivity contribution in [1.29, 1.82) is 0 Å². The van der Waals surface area contributed by atoms with Gasteiger partial charge in [-0.1, -0.05) is 20.3 Å². The fourth-order valence-electron chi connectivity index (χ4n) is 2.85. The minimum absolute atomic E-state index is 0.170. The summed E-state index contributed by atoms with van der Waals surface area (Å²) in [6.07, 6.45) is 4.58. The second-order valence-electron chi connectivity index (χ2n) is 5.76. The lowest BCUT2D eigenvalue weighted by molar-refractivity contribution is -0.384. The van der Waals surface area contributed by atoms with E-state index >= 15 is 0 Å². The van der Waals surface area contributed by atoms with Crippen LogP contribution in [-0.2, 0) is 0 Å². The van der Waals surface area contributed by atoms with Crippen LogP contribution in [0.2, 0.25) is 0 Å². The SMILES string of the molecule is CCCNc1cc(N2CCC(CC)CC2)cc([N+](=O)[O-])c1. The van der Waals surface area contributed by atoms with Crippen LogP contribution in [0.5, 0.6) is 0 Å². The van der Waals surface area contributed by atoms with Crippen LogP contribution in [0, 0.1) is 16.0 Å². The highest BCUT2D eigenvalue weighted by Crippen LogP contribution is 2.30. The van der Waals surface area contributed by atoms with E-state index < -0.39 is 0 Å². The van der Waals surface area contributed by atoms with Gasteiger partial charge in [0.25, 0.3) is 5.69 Å². The lowest BCUT2D eigenvalue weighted by Gasteiger charge is -2.33. The van der Waals surface area contributed by atoms with Crippen molar-refractivity contribution in [1.82, 2.24) is 0 Å². The molecule has 0 radical (unpaired) electrons. The van der Waals surface area contributed by atoms with Gasteiger partial charge in [-0.2, -0.15) is 0 Å². The molecule has 5 nitrogen and oxygen atoms in total. The zero-order valence-corrected chi connectivity index (χ0v) is 13.0. The standard InChI is InChI=1S/C16H25N3O2/c1-3-7-17-14-10-15(12-16(11-14)19(20)21)18-8-5-13(4-2)6-9-18/h10-13,17H,3-9H2,1-2H3. The van der Waals surface area contributed by atoms with E-state index in [2.05, 4.69) is 24.1 Å². The first-order valence-corrected chi connectivity index (χ1v) is 7.92. The molecule has 0 aromatic heterocycles. The van der Waals surface area contributed by atoms with E-state index in [1.807, 2.05) is 6.07 Å². The summed E-state index contributed by atoms with van der Waals surface area (Å²) >= 11 is 0. The molecule has 0 amide bonds. The molecule has 1 fully saturated rings. The maximum absolute atomic E-state index is 11.1. The summed E-state index contributed by atoms with van der Waals surface area (Å²) in [7, 11) is 0. The minimum Gasteiger partial charge on any atom is -0.385 e. The van der Waals surface area contributed by atoms with E-state index in [1.54, 1.807) is 12.1 Å². The molecular weight excluding hydrogens is 266 g/mol. The Labute approximate surface area is 126 Å². The monoisotopic (exact) mass is 291 g/mol. The Kier molecular flexibility index (Phi) is 5.42. The Bertz CT molecular complexity index is 482. The predicted molar refractivity (Wildman–Crippen MR) is 87.1 cm³/mol. The Hall–Kier alpha value is -1.78. The van der Waals surface area contributed by atoms with Gasteiger partial charge in [0.05, 0.1) is 4.92 Å². The van der Waals surface area contributed by atoms with Crippen LogP contribution in [0.1, 0.15) is 39.5 Å². The van der Waals surface area contributed by atoms with Crippen LogP contribution in [0.15, 0.2) is 18.2 Å². The van der Waals surface area contributed by atoms with E-state index in [0.29, 0.717) is 0 Å². The highest BCUT2D eigenvalue weighted by atomic mass is 16.6. The maximum atomic E-state index is 11.1. The number of nitrogens with zero attached hydrogens (tertiary/aromatic N) is 2. The number of hydrogen-bond donors (Lipinski definition) is 1. The molecule has 21 heavy (non-hydrogen) atoms. The van der Waals surface area contributed by atoms with E-state index in [0.717, 1.165) is 43.3 Å². The summed E-state index contributed by atoms with van der Waals surface area (Å²) < 4.78 is 0. The van der Waals surface area contributed by atoms with Crippen molar-refractivity contribution in [2.75, 3.05) is 29.9 Å². The normalized spacial score (nSPS) is 16.0. The Balaban J connectivity index is 2.17. The third-order valence-corrected chi connectivity index (χ3v) is 4.25. The van der Waals surface area contributed by atoms with Crippen LogP contribution in [-0.4, -0.2) is 24.6 Å². The summed E-state index contributed by atoms with van der Waals surface area (Å²) in [6, 6.07) is 5.36. The fraction of sp³-hybridized carbons (Fsp3) is 0.625. The van der Waals surface area contributed by atoms with Gasteiger partial charge in [-0.05, 0) is 31.2 Å². The van der Waals surface area contributed by atoms with E-state index in [1.165, 1.54) is 19.3 Å². The number of non-ortho nitro benzene ring substituents is 1. The lowest BCUT2D eigenvalue weighted by Crippen LogP contribution is -2.33. The summed E-state index contributed by atoms with van der Waals surface area (Å²) in [5.41, 5.74) is 1.99. The molecule has 0 bridgehead atoms. The minimum atomic E-state index is -0.306. The molecule has 116 valence electrons. The van der Waals surface area contributed by atoms with E-state index in [9.17, 15) is 10.1 Å². The van der Waals surface area contributed by atoms with Gasteiger partial charge >= 0.3 is 0 Å². The van der Waals surface area contributed by atoms with Crippen LogP contribution in [0.4, 0.5) is 17.1 Å². The van der Waals surface area contributed by atoms with Crippen molar-refractivity contribution >= 4 is 17.1 Å². The van der Waals surface area contributed by atoms with Crippen LogP contribution in [0.3, 0.4) is 0 Å². The van der Waals surface area contributed by atoms with E-state index in [4.69, 9.17) is 0 Å². The molecule has 1 aromatic rings. The molecule has 1 aliphatic rings. The third-order valence-electron chi connectivity index (χ3n) is 4.25. The molecule has 1 N–H and O–H groups in total. The summed E-state index contributed by atoms with van der Waals surface area (Å²) in [6.45, 7) is 7.14. The van der Waals surface area contributed by atoms with E-state index in [-0.39, 0.29) is 10.6 Å². The van der Waals surface area contributed by atoms with Gasteiger partial charge in [-0.25, -0.2) is 0 Å². The molecule has 0 saturated carbocycles. The third kappa shape index (κ3) is 4.09. The number of nitrogens with one attached hydrogen (secondary N) is 1. The number of rotatable bonds is 6. The summed E-state index contributed by atoms with van der Waals surface area (Å²) in [5, 5.41) is 14.4. The molecule has 0 unspecified atom stereocenters. The first kappa shape index (κ1) is 15.6. The largest absolute Gasteiger partial charge is 0.385 e. The average molecular weight is 291 g/mol. The molecular formula is C16H25N3O2. The molecule has 1 saturated heterocycles. The van der Waals surface area contributed by atoms with Gasteiger partial charge in [-0.15, -0.1) is 0 Å². The molecule has 1 aromatic carbocycles. The number of benzene rings is 1. The molecule has 0 aliphatic carbocycles. The van der Waals surface area contributed by atoms with Crippen molar-refractivity contribution in [2.45, 2.75) is 39.5 Å². The van der Waals surface area contributed by atoms with Crippen molar-refractivity contribution in [3.8, 4) is 0 Å². The molecule has 1 aliphatic heterocycles. The predicted octanol–water partition coefficient (Wildman–Crippen LogP) is 4.04. The zero-order chi connectivity index (χ0) is 15.2. The zero-order valence-electron chi connectivity index (χ0n) is 13.0. The number of piperidine rings is 1. The highest BCUT2D eigenvalue weighted by molar-refractivity contribution is 5.64. The molecule has 0 atom stereocenters. The fourth-order valence-corrected chi connectivity index (χ4v) is 2.85. The molecule has 1 heterocycles. The van der Waals surface area contributed by atoms with Crippen LogP contribution < -0.4 is 10.2 Å². The second kappa shape index (κ2) is 7.29. The van der Waals surface area contributed by atoms with Gasteiger partial charge in [0, 0.05) is 43.1 Å². The quantitative estimate of drug-likeness (QED) is 0.634. The average Bonchev–Trinajstić information content (AvgIpc) is 2.52. The first-order valence-electron chi connectivity index (χ1n) is 7.92. The van der Waals surface area contributed by atoms with Crippen LogP contribution >= 0.6 is 0 Å². The smallest absolute Gasteiger partial charge is 0.273 e. The van der Waals surface area contributed by atoms with Gasteiger partial charge < -0.3 is 10.2 Å². The number of hydrogen-bond acceptors (Lipinski definition) is 4. The molecule has 0 spiro atoms. The van der Waals surface area contributed by atoms with Crippen molar-refractivity contribution < 1.29 is 4.92 Å². The van der Waals surface area contributed by atoms with Gasteiger partial charge in [0.2, 0.25) is 0 Å². The van der Waals surface area contributed by atoms with Gasteiger partial charge in [0.1, 0.15) is 0 Å². The number of nitro benzene ring substituents is 1. The van der Waals surface area contributed by atoms with Crippen molar-refractivity contribution in [3.63, 3.8) is 0 Å². The number of nitro groups is 1. The Morgan fingerprint density at radius 3 is 2.57 bits per heavy atom. The highest BCUT2D eigenvalue weighted by Gasteiger charge is 2.20. The van der Waals surface area contributed by atoms with Gasteiger partial charge in [-0.3, -0.25) is 10.1 Å². The maximum Gasteiger partial charge on any atom is 0.273 e. The summed E-state index contributed by atoms with van der Waals surface area (Å²) in [4.78, 5) is 13.1. The Morgan fingerprint density at radius 2 is 2.00 bits per heavy atom. The lowest BCUT2D eigenvalue weighted by atomic mass is 9.94.